The number of halogens is 1. The van der Waals surface area contributed by atoms with Crippen molar-refractivity contribution >= 4 is 91.3 Å². The third-order valence-corrected chi connectivity index (χ3v) is 10.9. The third kappa shape index (κ3) is 5.81. The number of thioether (sulfide) groups is 1. The summed E-state index contributed by atoms with van der Waals surface area (Å²) in [5.74, 6) is -2.87. The number of β-lactam (4-membered cyclic amide) rings is 1. The van der Waals surface area contributed by atoms with Gasteiger partial charge >= 0.3 is 0 Å². The van der Waals surface area contributed by atoms with E-state index in [-0.39, 0.29) is 45.4 Å². The van der Waals surface area contributed by atoms with Crippen molar-refractivity contribution in [3.63, 3.8) is 0 Å². The number of fused-ring (bicyclic) bond motifs is 2. The second-order valence-electron chi connectivity index (χ2n) is 10.3. The van der Waals surface area contributed by atoms with Gasteiger partial charge in [-0.25, -0.2) is 9.55 Å². The Morgan fingerprint density at radius 1 is 1.36 bits per heavy atom. The number of nitrogen functional groups attached to an aromatic ring is 2. The maximum Gasteiger partial charge on any atom is 0.234 e. The monoisotopic (exact) mass is 684 g/mol. The first kappa shape index (κ1) is 30.8. The molecule has 2 atom stereocenters. The number of aromatic nitrogens is 3. The molecule has 45 heavy (non-hydrogen) atoms. The number of anilines is 1. The Hall–Kier alpha value is -4.25. The van der Waals surface area contributed by atoms with E-state index >= 15 is 0 Å². The molecular formula is C28H25ClN8O5S3. The summed E-state index contributed by atoms with van der Waals surface area (Å²) < 4.78 is 4.12. The molecule has 4 aromatic rings. The predicted molar refractivity (Wildman–Crippen MR) is 170 cm³/mol. The summed E-state index contributed by atoms with van der Waals surface area (Å²) in [6.45, 7) is 0.854. The van der Waals surface area contributed by atoms with Gasteiger partial charge in [0.1, 0.15) is 23.0 Å². The lowest BCUT2D eigenvalue weighted by atomic mass is 9.89. The minimum atomic E-state index is -1.45. The van der Waals surface area contributed by atoms with Gasteiger partial charge in [0.15, 0.2) is 35.6 Å². The minimum absolute atomic E-state index is 0.0333. The Morgan fingerprint density at radius 2 is 2.16 bits per heavy atom. The molecule has 0 unspecified atom stereocenters. The summed E-state index contributed by atoms with van der Waals surface area (Å²) in [5, 5.41) is 26.1. The van der Waals surface area contributed by atoms with Gasteiger partial charge < -0.3 is 30.8 Å². The predicted octanol–water partition coefficient (Wildman–Crippen LogP) is 1.56. The average molecular weight is 685 g/mol. The first-order chi connectivity index (χ1) is 21.5. The molecule has 1 fully saturated rings. The zero-order chi connectivity index (χ0) is 32.0. The molecule has 2 aliphatic heterocycles. The number of amidine groups is 1. The normalized spacial score (nSPS) is 18.2. The maximum atomic E-state index is 13.3. The molecule has 6 rings (SSSR count). The lowest BCUT2D eigenvalue weighted by Gasteiger charge is -2.50. The lowest BCUT2D eigenvalue weighted by molar-refractivity contribution is -0.687. The number of nitrogens with two attached hydrogens (primary N) is 2. The quantitative estimate of drug-likeness (QED) is 0.0690. The standard InChI is InChI=1S/C28H25ClN8O5S3/c1-42-34-20(21-23(29)45-28(32)33-21)19(38)7-17-25(39)37-22(27(40)41)15(12-44-26(17)37)9-35-4-3-18-13(8-35)2-5-36(18)10-16-6-14(11-43-16)24(30)31/h2-6,8,11,17,26H,7,9-10,12H2,1H3,(H5-,30,31,32,33,40,41)/b34-20+/t17-,26-/m1/s1. The van der Waals surface area contributed by atoms with Gasteiger partial charge in [-0.05, 0) is 12.1 Å². The van der Waals surface area contributed by atoms with Gasteiger partial charge in [-0.2, -0.15) is 0 Å². The Kier molecular flexibility index (Phi) is 8.39. The fraction of sp³-hybridized carbons (Fsp3) is 0.250. The SMILES string of the molecule is CO/N=C(\C(=O)C[C@@H]1C(=O)N2C(C(=O)[O-])=C(C[n+]3ccc4c(ccn4Cc4cc(C(=N)N)cs4)c3)CS[C@H]12)c1nc(N)sc1Cl. The highest BCUT2D eigenvalue weighted by Crippen LogP contribution is 2.45. The summed E-state index contributed by atoms with van der Waals surface area (Å²) in [4.78, 5) is 49.9. The molecular weight excluding hydrogens is 660 g/mol. The van der Waals surface area contributed by atoms with Gasteiger partial charge in [-0.1, -0.05) is 28.1 Å². The van der Waals surface area contributed by atoms with E-state index in [1.807, 2.05) is 46.7 Å². The zero-order valence-corrected chi connectivity index (χ0v) is 26.8. The van der Waals surface area contributed by atoms with Crippen LogP contribution in [0.25, 0.3) is 10.9 Å². The van der Waals surface area contributed by atoms with Gasteiger partial charge in [-0.15, -0.1) is 23.1 Å². The number of oxime groups is 1. The van der Waals surface area contributed by atoms with Gasteiger partial charge in [-0.3, -0.25) is 19.9 Å². The highest BCUT2D eigenvalue weighted by Gasteiger charge is 2.53. The molecule has 5 N–H and O–H groups in total. The molecule has 0 aromatic carbocycles. The number of carboxylic acid groups (broad SMARTS) is 1. The summed E-state index contributed by atoms with van der Waals surface area (Å²) in [6.07, 6.45) is 5.51. The van der Waals surface area contributed by atoms with E-state index in [0.717, 1.165) is 27.1 Å². The Morgan fingerprint density at radius 3 is 2.82 bits per heavy atom. The van der Waals surface area contributed by atoms with E-state index in [1.54, 1.807) is 0 Å². The number of nitrogens with one attached hydrogen (secondary N) is 1. The molecule has 2 aliphatic rings. The highest BCUT2D eigenvalue weighted by atomic mass is 35.5. The number of carboxylic acids is 1. The van der Waals surface area contributed by atoms with E-state index in [9.17, 15) is 19.5 Å². The van der Waals surface area contributed by atoms with E-state index in [0.29, 0.717) is 23.4 Å². The molecule has 4 aromatic heterocycles. The number of thiophene rings is 1. The smallest absolute Gasteiger partial charge is 0.234 e. The van der Waals surface area contributed by atoms with Crippen molar-refractivity contribution in [1.82, 2.24) is 14.5 Å². The van der Waals surface area contributed by atoms with Crippen LogP contribution in [-0.4, -0.2) is 61.9 Å². The first-order valence-corrected chi connectivity index (χ1v) is 16.5. The van der Waals surface area contributed by atoms with Crippen LogP contribution in [0.4, 0.5) is 5.13 Å². The number of hydrogen-bond donors (Lipinski definition) is 3. The fourth-order valence-corrected chi connectivity index (χ4v) is 8.64. The number of hydrogen-bond acceptors (Lipinski definition) is 12. The summed E-state index contributed by atoms with van der Waals surface area (Å²) >= 11 is 10.1. The molecule has 0 spiro atoms. The van der Waals surface area contributed by atoms with Gasteiger partial charge in [0.2, 0.25) is 5.91 Å². The van der Waals surface area contributed by atoms with Crippen molar-refractivity contribution < 1.29 is 28.9 Å². The largest absolute Gasteiger partial charge is 0.543 e. The second kappa shape index (κ2) is 12.3. The summed E-state index contributed by atoms with van der Waals surface area (Å²) in [7, 11) is 1.27. The number of Topliss-reactive ketones (excluding diaryl/α,β-unsaturated/α-hetero) is 1. The molecule has 232 valence electrons. The van der Waals surface area contributed by atoms with Gasteiger partial charge in [0.05, 0.1) is 40.4 Å². The van der Waals surface area contributed by atoms with Crippen LogP contribution >= 0.6 is 46.0 Å². The molecule has 0 radical (unpaired) electrons. The number of thiazole rings is 1. The molecule has 17 heteroatoms. The first-order valence-electron chi connectivity index (χ1n) is 13.4. The third-order valence-electron chi connectivity index (χ3n) is 7.46. The molecule has 1 amide bonds. The van der Waals surface area contributed by atoms with Crippen molar-refractivity contribution in [2.75, 3.05) is 18.6 Å². The Balaban J connectivity index is 1.18. The molecule has 0 saturated carbocycles. The molecule has 0 aliphatic carbocycles. The molecule has 0 bridgehead atoms. The van der Waals surface area contributed by atoms with E-state index in [1.165, 1.54) is 35.1 Å². The summed E-state index contributed by atoms with van der Waals surface area (Å²) in [6, 6.07) is 5.82. The number of rotatable bonds is 11. The number of pyridine rings is 1. The zero-order valence-electron chi connectivity index (χ0n) is 23.6. The van der Waals surface area contributed by atoms with Crippen LogP contribution in [0.1, 0.15) is 22.6 Å². The van der Waals surface area contributed by atoms with Crippen LogP contribution in [0.3, 0.4) is 0 Å². The van der Waals surface area contributed by atoms with Crippen LogP contribution in [0.2, 0.25) is 4.34 Å². The van der Waals surface area contributed by atoms with Crippen LogP contribution in [0.5, 0.6) is 0 Å². The highest BCUT2D eigenvalue weighted by molar-refractivity contribution is 8.00. The fourth-order valence-electron chi connectivity index (χ4n) is 5.43. The van der Waals surface area contributed by atoms with E-state index < -0.39 is 29.0 Å². The van der Waals surface area contributed by atoms with Crippen molar-refractivity contribution in [3.8, 4) is 0 Å². The van der Waals surface area contributed by atoms with Crippen molar-refractivity contribution in [1.29, 1.82) is 5.41 Å². The maximum absolute atomic E-state index is 13.3. The minimum Gasteiger partial charge on any atom is -0.543 e. The summed E-state index contributed by atoms with van der Waals surface area (Å²) in [5.41, 5.74) is 13.3. The number of carbonyl (C=O) groups excluding carboxylic acids is 3. The number of aliphatic carboxylic acids is 1. The van der Waals surface area contributed by atoms with Crippen molar-refractivity contribution in [2.24, 2.45) is 16.8 Å². The second-order valence-corrected chi connectivity index (χ2v) is 14.0. The van der Waals surface area contributed by atoms with Crippen molar-refractivity contribution in [3.05, 3.63) is 73.9 Å². The number of ketones is 1. The van der Waals surface area contributed by atoms with Crippen LogP contribution < -0.4 is 21.1 Å². The number of amides is 1. The van der Waals surface area contributed by atoms with Crippen LogP contribution in [0, 0.1) is 11.3 Å². The molecule has 6 heterocycles. The van der Waals surface area contributed by atoms with E-state index in [4.69, 9.17) is 33.3 Å². The van der Waals surface area contributed by atoms with Crippen LogP contribution in [0.15, 0.2) is 58.6 Å². The average Bonchev–Trinajstić information content (AvgIpc) is 3.72. The van der Waals surface area contributed by atoms with Crippen molar-refractivity contribution in [2.45, 2.75) is 24.9 Å². The number of carbonyl (C=O) groups is 3. The topological polar surface area (TPSA) is 197 Å². The van der Waals surface area contributed by atoms with Gasteiger partial charge in [0.25, 0.3) is 0 Å². The lowest BCUT2D eigenvalue weighted by Crippen LogP contribution is -2.63. The van der Waals surface area contributed by atoms with Crippen LogP contribution in [-0.2, 0) is 32.3 Å². The Labute approximate surface area is 273 Å². The van der Waals surface area contributed by atoms with E-state index in [2.05, 4.69) is 14.7 Å². The Bertz CT molecular complexity index is 1950. The number of nitrogens with zero attached hydrogens (tertiary/aromatic N) is 5. The molecule has 13 nitrogen and oxygen atoms in total. The van der Waals surface area contributed by atoms with Gasteiger partial charge in [0, 0.05) is 45.8 Å². The molecule has 1 saturated heterocycles.